The number of hydrogen-bond acceptors (Lipinski definition) is 3. The Morgan fingerprint density at radius 1 is 1.07 bits per heavy atom. The lowest BCUT2D eigenvalue weighted by molar-refractivity contribution is 0.108. The summed E-state index contributed by atoms with van der Waals surface area (Å²) in [6.07, 6.45) is 0. The Bertz CT molecular complexity index is 358. The van der Waals surface area contributed by atoms with Gasteiger partial charge in [-0.15, -0.1) is 0 Å². The highest BCUT2D eigenvalue weighted by Gasteiger charge is 2.09. The quantitative estimate of drug-likeness (QED) is 0.814. The SMILES string of the molecule is CNc1cc(C(=O)Cl)cc(C(=O)Cl)c1. The van der Waals surface area contributed by atoms with Crippen LogP contribution in [0.25, 0.3) is 0 Å². The lowest BCUT2D eigenvalue weighted by Gasteiger charge is -2.03. The molecule has 0 aliphatic rings. The van der Waals surface area contributed by atoms with E-state index in [1.165, 1.54) is 6.07 Å². The van der Waals surface area contributed by atoms with Crippen molar-refractivity contribution in [2.24, 2.45) is 0 Å². The summed E-state index contributed by atoms with van der Waals surface area (Å²) in [6, 6.07) is 4.43. The molecule has 0 spiro atoms. The van der Waals surface area contributed by atoms with E-state index < -0.39 is 10.5 Å². The Hall–Kier alpha value is -1.06. The van der Waals surface area contributed by atoms with E-state index in [-0.39, 0.29) is 11.1 Å². The first kappa shape index (κ1) is 11.0. The van der Waals surface area contributed by atoms with E-state index in [0.717, 1.165) is 0 Å². The predicted molar refractivity (Wildman–Crippen MR) is 56.4 cm³/mol. The minimum absolute atomic E-state index is 0.238. The Morgan fingerprint density at radius 3 is 1.79 bits per heavy atom. The van der Waals surface area contributed by atoms with Crippen molar-refractivity contribution in [2.45, 2.75) is 0 Å². The molecule has 0 saturated heterocycles. The molecule has 0 aliphatic carbocycles. The third-order valence-corrected chi connectivity index (χ3v) is 2.11. The van der Waals surface area contributed by atoms with Crippen molar-refractivity contribution in [3.8, 4) is 0 Å². The summed E-state index contributed by atoms with van der Waals surface area (Å²) in [6.45, 7) is 0. The molecule has 5 heteroatoms. The number of rotatable bonds is 3. The zero-order chi connectivity index (χ0) is 10.7. The normalized spacial score (nSPS) is 9.64. The fourth-order valence-electron chi connectivity index (χ4n) is 0.999. The van der Waals surface area contributed by atoms with Gasteiger partial charge in [0, 0.05) is 23.9 Å². The van der Waals surface area contributed by atoms with Gasteiger partial charge in [0.25, 0.3) is 10.5 Å². The van der Waals surface area contributed by atoms with Crippen LogP contribution < -0.4 is 5.32 Å². The Morgan fingerprint density at radius 2 is 1.50 bits per heavy atom. The molecule has 0 atom stereocenters. The van der Waals surface area contributed by atoms with Gasteiger partial charge in [-0.05, 0) is 41.4 Å². The first-order valence-corrected chi connectivity index (χ1v) is 4.52. The van der Waals surface area contributed by atoms with Gasteiger partial charge in [0.1, 0.15) is 0 Å². The van der Waals surface area contributed by atoms with Gasteiger partial charge >= 0.3 is 0 Å². The van der Waals surface area contributed by atoms with Crippen LogP contribution in [0.5, 0.6) is 0 Å². The van der Waals surface area contributed by atoms with E-state index in [1.54, 1.807) is 19.2 Å². The van der Waals surface area contributed by atoms with E-state index in [4.69, 9.17) is 23.2 Å². The van der Waals surface area contributed by atoms with Crippen molar-refractivity contribution in [1.29, 1.82) is 0 Å². The van der Waals surface area contributed by atoms with Gasteiger partial charge in [-0.25, -0.2) is 0 Å². The van der Waals surface area contributed by atoms with Crippen LogP contribution >= 0.6 is 23.2 Å². The summed E-state index contributed by atoms with van der Waals surface area (Å²) >= 11 is 10.6. The maximum Gasteiger partial charge on any atom is 0.252 e. The third kappa shape index (κ3) is 2.47. The number of hydrogen-bond donors (Lipinski definition) is 1. The molecular weight excluding hydrogens is 225 g/mol. The molecule has 1 N–H and O–H groups in total. The van der Waals surface area contributed by atoms with Crippen LogP contribution in [0.2, 0.25) is 0 Å². The molecular formula is C9H7Cl2NO2. The number of carbonyl (C=O) groups is 2. The number of carbonyl (C=O) groups excluding carboxylic acids is 2. The van der Waals surface area contributed by atoms with Crippen molar-refractivity contribution in [2.75, 3.05) is 12.4 Å². The highest BCUT2D eigenvalue weighted by molar-refractivity contribution is 6.69. The Balaban J connectivity index is 3.27. The summed E-state index contributed by atoms with van der Waals surface area (Å²) in [4.78, 5) is 21.7. The van der Waals surface area contributed by atoms with E-state index in [1.807, 2.05) is 0 Å². The fourth-order valence-corrected chi connectivity index (χ4v) is 1.22. The molecule has 0 heterocycles. The molecule has 74 valence electrons. The van der Waals surface area contributed by atoms with Gasteiger partial charge in [0.2, 0.25) is 0 Å². The van der Waals surface area contributed by atoms with Crippen LogP contribution in [-0.4, -0.2) is 17.5 Å². The van der Waals surface area contributed by atoms with Gasteiger partial charge in [0.15, 0.2) is 0 Å². The number of nitrogens with one attached hydrogen (secondary N) is 1. The fraction of sp³-hybridized carbons (Fsp3) is 0.111. The molecule has 0 radical (unpaired) electrons. The maximum atomic E-state index is 10.9. The summed E-state index contributed by atoms with van der Waals surface area (Å²) < 4.78 is 0. The maximum absolute atomic E-state index is 10.9. The minimum Gasteiger partial charge on any atom is -0.388 e. The number of halogens is 2. The molecule has 3 nitrogen and oxygen atoms in total. The molecule has 0 amide bonds. The van der Waals surface area contributed by atoms with Crippen molar-refractivity contribution < 1.29 is 9.59 Å². The number of benzene rings is 1. The molecule has 0 saturated carbocycles. The van der Waals surface area contributed by atoms with Gasteiger partial charge in [0.05, 0.1) is 0 Å². The van der Waals surface area contributed by atoms with Crippen molar-refractivity contribution in [1.82, 2.24) is 0 Å². The Labute approximate surface area is 91.0 Å². The van der Waals surface area contributed by atoms with Gasteiger partial charge in [-0.3, -0.25) is 9.59 Å². The van der Waals surface area contributed by atoms with Crippen LogP contribution in [0, 0.1) is 0 Å². The molecule has 1 rings (SSSR count). The smallest absolute Gasteiger partial charge is 0.252 e. The second-order valence-electron chi connectivity index (χ2n) is 2.60. The molecule has 14 heavy (non-hydrogen) atoms. The zero-order valence-electron chi connectivity index (χ0n) is 7.30. The van der Waals surface area contributed by atoms with Crippen molar-refractivity contribution in [3.63, 3.8) is 0 Å². The molecule has 0 bridgehead atoms. The minimum atomic E-state index is -0.624. The first-order valence-electron chi connectivity index (χ1n) is 3.77. The summed E-state index contributed by atoms with van der Waals surface area (Å²) in [5, 5.41) is 1.55. The van der Waals surface area contributed by atoms with Crippen LogP contribution in [0.15, 0.2) is 18.2 Å². The highest BCUT2D eigenvalue weighted by atomic mass is 35.5. The summed E-state index contributed by atoms with van der Waals surface area (Å²) in [5.74, 6) is 0. The molecule has 1 aromatic rings. The molecule has 0 aliphatic heterocycles. The first-order chi connectivity index (χ1) is 6.54. The zero-order valence-corrected chi connectivity index (χ0v) is 8.82. The Kier molecular flexibility index (Phi) is 3.49. The summed E-state index contributed by atoms with van der Waals surface area (Å²) in [5.41, 5.74) is 1.09. The van der Waals surface area contributed by atoms with E-state index in [2.05, 4.69) is 5.32 Å². The average molecular weight is 232 g/mol. The van der Waals surface area contributed by atoms with Gasteiger partial charge in [-0.2, -0.15) is 0 Å². The largest absolute Gasteiger partial charge is 0.388 e. The highest BCUT2D eigenvalue weighted by Crippen LogP contribution is 2.17. The predicted octanol–water partition coefficient (Wildman–Crippen LogP) is 2.49. The second-order valence-corrected chi connectivity index (χ2v) is 3.28. The van der Waals surface area contributed by atoms with Crippen LogP contribution in [0.1, 0.15) is 20.7 Å². The molecule has 0 unspecified atom stereocenters. The average Bonchev–Trinajstić information content (AvgIpc) is 2.16. The van der Waals surface area contributed by atoms with Crippen molar-refractivity contribution >= 4 is 39.4 Å². The van der Waals surface area contributed by atoms with E-state index in [0.29, 0.717) is 5.69 Å². The van der Waals surface area contributed by atoms with Crippen LogP contribution in [0.4, 0.5) is 5.69 Å². The monoisotopic (exact) mass is 231 g/mol. The second kappa shape index (κ2) is 4.44. The molecule has 1 aromatic carbocycles. The third-order valence-electron chi connectivity index (χ3n) is 1.68. The lowest BCUT2D eigenvalue weighted by atomic mass is 10.1. The van der Waals surface area contributed by atoms with E-state index in [9.17, 15) is 9.59 Å². The lowest BCUT2D eigenvalue weighted by Crippen LogP contribution is -1.98. The topological polar surface area (TPSA) is 46.2 Å². The van der Waals surface area contributed by atoms with Crippen molar-refractivity contribution in [3.05, 3.63) is 29.3 Å². The van der Waals surface area contributed by atoms with Crippen LogP contribution in [-0.2, 0) is 0 Å². The number of anilines is 1. The molecule has 0 fully saturated rings. The molecule has 0 aromatic heterocycles. The standard InChI is InChI=1S/C9H7Cl2NO2/c1-12-7-3-5(8(10)13)2-6(4-7)9(11)14/h2-4,12H,1H3. The van der Waals surface area contributed by atoms with Gasteiger partial charge < -0.3 is 5.32 Å². The van der Waals surface area contributed by atoms with E-state index >= 15 is 0 Å². The summed E-state index contributed by atoms with van der Waals surface area (Å²) in [7, 11) is 1.67. The van der Waals surface area contributed by atoms with Crippen LogP contribution in [0.3, 0.4) is 0 Å². The van der Waals surface area contributed by atoms with Gasteiger partial charge in [-0.1, -0.05) is 0 Å².